The Bertz CT molecular complexity index is 709. The van der Waals surface area contributed by atoms with Crippen molar-refractivity contribution in [1.29, 1.82) is 0 Å². The van der Waals surface area contributed by atoms with Crippen LogP contribution in [0.3, 0.4) is 0 Å². The number of hydrogen-bond acceptors (Lipinski definition) is 6. The topological polar surface area (TPSA) is 81.8 Å². The van der Waals surface area contributed by atoms with Gasteiger partial charge in [0.1, 0.15) is 5.82 Å². The van der Waals surface area contributed by atoms with Gasteiger partial charge < -0.3 is 15.5 Å². The number of anilines is 3. The zero-order chi connectivity index (χ0) is 17.2. The fourth-order valence-corrected chi connectivity index (χ4v) is 3.62. The average molecular weight is 341 g/mol. The zero-order valence-corrected chi connectivity index (χ0v) is 15.0. The Labute approximate surface area is 148 Å². The molecule has 4 rings (SSSR count). The van der Waals surface area contributed by atoms with E-state index in [4.69, 9.17) is 0 Å². The van der Waals surface area contributed by atoms with Crippen molar-refractivity contribution in [2.45, 2.75) is 44.6 Å². The van der Waals surface area contributed by atoms with Crippen LogP contribution in [-0.4, -0.2) is 51.2 Å². The van der Waals surface area contributed by atoms with Crippen LogP contribution in [-0.2, 0) is 0 Å². The summed E-state index contributed by atoms with van der Waals surface area (Å²) < 4.78 is 0. The smallest absolute Gasteiger partial charge is 0.224 e. The van der Waals surface area contributed by atoms with E-state index in [2.05, 4.69) is 55.7 Å². The minimum absolute atomic E-state index is 0.434. The minimum atomic E-state index is 0.434. The fraction of sp³-hybridized carbons (Fsp3) is 0.611. The van der Waals surface area contributed by atoms with Crippen LogP contribution in [0.2, 0.25) is 0 Å². The molecule has 2 fully saturated rings. The normalized spacial score (nSPS) is 24.2. The van der Waals surface area contributed by atoms with E-state index in [1.54, 1.807) is 6.20 Å². The van der Waals surface area contributed by atoms with Gasteiger partial charge in [-0.05, 0) is 44.8 Å². The van der Waals surface area contributed by atoms with E-state index in [0.29, 0.717) is 23.8 Å². The molecule has 1 aliphatic heterocycles. The van der Waals surface area contributed by atoms with Gasteiger partial charge >= 0.3 is 0 Å². The molecule has 0 amide bonds. The molecule has 3 N–H and O–H groups in total. The summed E-state index contributed by atoms with van der Waals surface area (Å²) in [5.41, 5.74) is 1.21. The number of aromatic amines is 1. The van der Waals surface area contributed by atoms with Gasteiger partial charge in [-0.15, -0.1) is 0 Å². The molecular formula is C18H27N7. The SMILES string of the molecule is CC[C@@H]1CN(C)CC[C@@H]1Nc1nccc(Nc2cc(C3CC3)[nH]n2)n1. The van der Waals surface area contributed by atoms with Crippen molar-refractivity contribution in [2.75, 3.05) is 30.8 Å². The number of nitrogens with one attached hydrogen (secondary N) is 3. The highest BCUT2D eigenvalue weighted by atomic mass is 15.2. The Morgan fingerprint density at radius 1 is 1.28 bits per heavy atom. The molecule has 134 valence electrons. The molecule has 7 nitrogen and oxygen atoms in total. The predicted octanol–water partition coefficient (Wildman–Crippen LogP) is 2.96. The maximum Gasteiger partial charge on any atom is 0.224 e. The van der Waals surface area contributed by atoms with Crippen LogP contribution >= 0.6 is 0 Å². The maximum absolute atomic E-state index is 4.62. The summed E-state index contributed by atoms with van der Waals surface area (Å²) in [7, 11) is 2.19. The minimum Gasteiger partial charge on any atom is -0.351 e. The van der Waals surface area contributed by atoms with Crippen molar-refractivity contribution in [1.82, 2.24) is 25.1 Å². The summed E-state index contributed by atoms with van der Waals surface area (Å²) in [6.07, 6.45) is 6.61. The van der Waals surface area contributed by atoms with Gasteiger partial charge in [-0.2, -0.15) is 10.1 Å². The molecule has 2 aromatic heterocycles. The molecule has 1 saturated carbocycles. The van der Waals surface area contributed by atoms with Crippen LogP contribution in [0.1, 0.15) is 44.2 Å². The molecule has 0 aromatic carbocycles. The number of aromatic nitrogens is 4. The molecule has 25 heavy (non-hydrogen) atoms. The highest BCUT2D eigenvalue weighted by Crippen LogP contribution is 2.39. The molecule has 2 aliphatic rings. The number of likely N-dealkylation sites (tertiary alicyclic amines) is 1. The first-order chi connectivity index (χ1) is 12.2. The summed E-state index contributed by atoms with van der Waals surface area (Å²) in [4.78, 5) is 11.4. The van der Waals surface area contributed by atoms with Crippen molar-refractivity contribution >= 4 is 17.6 Å². The van der Waals surface area contributed by atoms with Crippen molar-refractivity contribution < 1.29 is 0 Å². The zero-order valence-electron chi connectivity index (χ0n) is 15.0. The molecule has 1 saturated heterocycles. The molecule has 0 unspecified atom stereocenters. The van der Waals surface area contributed by atoms with Crippen LogP contribution in [0.15, 0.2) is 18.3 Å². The Morgan fingerprint density at radius 2 is 2.16 bits per heavy atom. The molecule has 1 aliphatic carbocycles. The lowest BCUT2D eigenvalue weighted by Gasteiger charge is -2.36. The quantitative estimate of drug-likeness (QED) is 0.749. The van der Waals surface area contributed by atoms with Gasteiger partial charge in [-0.25, -0.2) is 4.98 Å². The highest BCUT2D eigenvalue weighted by molar-refractivity contribution is 5.53. The largest absolute Gasteiger partial charge is 0.351 e. The molecule has 7 heteroatoms. The van der Waals surface area contributed by atoms with Gasteiger partial charge in [0.25, 0.3) is 0 Å². The van der Waals surface area contributed by atoms with E-state index in [9.17, 15) is 0 Å². The Balaban J connectivity index is 1.41. The van der Waals surface area contributed by atoms with Crippen molar-refractivity contribution in [3.05, 3.63) is 24.0 Å². The Morgan fingerprint density at radius 3 is 2.96 bits per heavy atom. The molecule has 0 spiro atoms. The summed E-state index contributed by atoms with van der Waals surface area (Å²) >= 11 is 0. The van der Waals surface area contributed by atoms with E-state index in [-0.39, 0.29) is 0 Å². The van der Waals surface area contributed by atoms with Crippen molar-refractivity contribution in [3.8, 4) is 0 Å². The molecule has 2 atom stereocenters. The van der Waals surface area contributed by atoms with Gasteiger partial charge in [0, 0.05) is 36.5 Å². The first-order valence-corrected chi connectivity index (χ1v) is 9.31. The number of hydrogen-bond donors (Lipinski definition) is 3. The van der Waals surface area contributed by atoms with Crippen LogP contribution in [0.4, 0.5) is 17.6 Å². The van der Waals surface area contributed by atoms with Gasteiger partial charge in [0.2, 0.25) is 5.95 Å². The fourth-order valence-electron chi connectivity index (χ4n) is 3.62. The Kier molecular flexibility index (Phi) is 4.57. The highest BCUT2D eigenvalue weighted by Gasteiger charge is 2.27. The molecule has 2 aromatic rings. The van der Waals surface area contributed by atoms with Crippen LogP contribution < -0.4 is 10.6 Å². The van der Waals surface area contributed by atoms with E-state index >= 15 is 0 Å². The number of nitrogens with zero attached hydrogens (tertiary/aromatic N) is 4. The second-order valence-electron chi connectivity index (χ2n) is 7.34. The van der Waals surface area contributed by atoms with Gasteiger partial charge in [0.05, 0.1) is 0 Å². The first-order valence-electron chi connectivity index (χ1n) is 9.31. The summed E-state index contributed by atoms with van der Waals surface area (Å²) in [6, 6.07) is 4.39. The standard InChI is InChI=1S/C18H27N7/c1-3-12-11-25(2)9-7-14(12)20-18-19-8-6-16(22-18)21-17-10-15(23-24-17)13-4-5-13/h6,8,10,12-14H,3-5,7,9,11H2,1-2H3,(H3,19,20,21,22,23,24)/t12-,14+/m1/s1. The first kappa shape index (κ1) is 16.3. The average Bonchev–Trinajstić information content (AvgIpc) is 3.37. The van der Waals surface area contributed by atoms with E-state index < -0.39 is 0 Å². The van der Waals surface area contributed by atoms with Gasteiger partial charge in [0.15, 0.2) is 5.82 Å². The number of H-pyrrole nitrogens is 1. The van der Waals surface area contributed by atoms with E-state index in [0.717, 1.165) is 37.6 Å². The molecular weight excluding hydrogens is 314 g/mol. The van der Waals surface area contributed by atoms with Gasteiger partial charge in [-0.3, -0.25) is 5.10 Å². The second kappa shape index (κ2) is 7.00. The van der Waals surface area contributed by atoms with E-state index in [1.807, 2.05) is 6.07 Å². The summed E-state index contributed by atoms with van der Waals surface area (Å²) in [5, 5.41) is 14.3. The lowest BCUT2D eigenvalue weighted by molar-refractivity contribution is 0.190. The number of piperidine rings is 1. The summed E-state index contributed by atoms with van der Waals surface area (Å²) in [6.45, 7) is 4.50. The lowest BCUT2D eigenvalue weighted by atomic mass is 9.90. The molecule has 0 bridgehead atoms. The third kappa shape index (κ3) is 3.92. The maximum atomic E-state index is 4.62. The lowest BCUT2D eigenvalue weighted by Crippen LogP contribution is -2.44. The third-order valence-corrected chi connectivity index (χ3v) is 5.30. The Hall–Kier alpha value is -2.15. The summed E-state index contributed by atoms with van der Waals surface area (Å²) in [5.74, 6) is 3.58. The second-order valence-corrected chi connectivity index (χ2v) is 7.34. The van der Waals surface area contributed by atoms with E-state index in [1.165, 1.54) is 18.5 Å². The molecule has 0 radical (unpaired) electrons. The van der Waals surface area contributed by atoms with Crippen molar-refractivity contribution in [3.63, 3.8) is 0 Å². The third-order valence-electron chi connectivity index (χ3n) is 5.30. The van der Waals surface area contributed by atoms with Crippen LogP contribution in [0, 0.1) is 5.92 Å². The van der Waals surface area contributed by atoms with Crippen molar-refractivity contribution in [2.24, 2.45) is 5.92 Å². The predicted molar refractivity (Wildman–Crippen MR) is 99.2 cm³/mol. The number of rotatable bonds is 6. The molecule has 3 heterocycles. The monoisotopic (exact) mass is 341 g/mol. The van der Waals surface area contributed by atoms with Crippen LogP contribution in [0.5, 0.6) is 0 Å². The van der Waals surface area contributed by atoms with Crippen LogP contribution in [0.25, 0.3) is 0 Å². The van der Waals surface area contributed by atoms with Gasteiger partial charge in [-0.1, -0.05) is 13.3 Å².